The van der Waals surface area contributed by atoms with Gasteiger partial charge in [-0.3, -0.25) is 0 Å². The van der Waals surface area contributed by atoms with Crippen LogP contribution in [0.1, 0.15) is 12.0 Å². The molecule has 2 heterocycles. The molecule has 1 aromatic heterocycles. The third-order valence-corrected chi connectivity index (χ3v) is 6.47. The number of nitrogens with one attached hydrogen (secondary N) is 1. The molecule has 0 aromatic carbocycles. The maximum Gasteiger partial charge on any atom is 0.412 e. The zero-order valence-electron chi connectivity index (χ0n) is 11.3. The highest BCUT2D eigenvalue weighted by Crippen LogP contribution is 2.32. The average molecular weight is 340 g/mol. The first-order chi connectivity index (χ1) is 9.75. The molecule has 0 spiro atoms. The zero-order valence-corrected chi connectivity index (χ0v) is 12.9. The molecule has 1 aliphatic heterocycles. The van der Waals surface area contributed by atoms with Gasteiger partial charge in [0, 0.05) is 25.2 Å². The Kier molecular flexibility index (Phi) is 4.76. The van der Waals surface area contributed by atoms with Crippen LogP contribution < -0.4 is 5.32 Å². The van der Waals surface area contributed by atoms with Gasteiger partial charge in [0.2, 0.25) is 0 Å². The molecular formula is C12H15F3N2O2S2. The normalized spacial score (nSPS) is 17.8. The Labute approximate surface area is 125 Å². The Morgan fingerprint density at radius 1 is 1.43 bits per heavy atom. The van der Waals surface area contributed by atoms with E-state index in [1.807, 2.05) is 0 Å². The Hall–Kier alpha value is -0.900. The van der Waals surface area contributed by atoms with Gasteiger partial charge in [-0.1, -0.05) is 6.08 Å². The monoisotopic (exact) mass is 340 g/mol. The second kappa shape index (κ2) is 6.07. The van der Waals surface area contributed by atoms with Crippen LogP contribution in [0.4, 0.5) is 13.2 Å². The van der Waals surface area contributed by atoms with E-state index in [0.717, 1.165) is 27.3 Å². The molecule has 1 aliphatic rings. The van der Waals surface area contributed by atoms with Gasteiger partial charge in [0.25, 0.3) is 10.0 Å². The number of hydrogen-bond donors (Lipinski definition) is 1. The van der Waals surface area contributed by atoms with Gasteiger partial charge >= 0.3 is 6.18 Å². The van der Waals surface area contributed by atoms with E-state index in [-0.39, 0.29) is 23.7 Å². The van der Waals surface area contributed by atoms with E-state index in [1.54, 1.807) is 18.5 Å². The number of hydrogen-bond acceptors (Lipinski definition) is 4. The number of alkyl halides is 3. The lowest BCUT2D eigenvalue weighted by molar-refractivity contribution is -0.0953. The summed E-state index contributed by atoms with van der Waals surface area (Å²) in [6, 6.07) is 1.56. The minimum atomic E-state index is -4.38. The fourth-order valence-corrected chi connectivity index (χ4v) is 4.78. The lowest BCUT2D eigenvalue weighted by Crippen LogP contribution is -2.36. The molecule has 0 unspecified atom stereocenters. The standard InChI is InChI=1S/C12H15F3N2O2S2/c1-16-7-9-6-11(20-8-9)21(18,19)17-4-2-10(3-5-17)12(13,14)15/h2,6,8,16H,3-5,7H2,1H3. The van der Waals surface area contributed by atoms with E-state index < -0.39 is 21.8 Å². The molecule has 0 fully saturated rings. The molecule has 118 valence electrons. The van der Waals surface area contributed by atoms with E-state index in [9.17, 15) is 21.6 Å². The van der Waals surface area contributed by atoms with E-state index in [2.05, 4.69) is 5.32 Å². The fraction of sp³-hybridized carbons (Fsp3) is 0.500. The maximum atomic E-state index is 12.5. The van der Waals surface area contributed by atoms with Crippen molar-refractivity contribution < 1.29 is 21.6 Å². The third-order valence-electron chi connectivity index (χ3n) is 3.14. The van der Waals surface area contributed by atoms with Crippen molar-refractivity contribution in [1.82, 2.24) is 9.62 Å². The van der Waals surface area contributed by atoms with Crippen LogP contribution in [0, 0.1) is 0 Å². The minimum Gasteiger partial charge on any atom is -0.316 e. The summed E-state index contributed by atoms with van der Waals surface area (Å²) in [5.74, 6) is 0. The Morgan fingerprint density at radius 3 is 2.67 bits per heavy atom. The molecule has 1 N–H and O–H groups in total. The van der Waals surface area contributed by atoms with Crippen molar-refractivity contribution in [3.05, 3.63) is 28.7 Å². The molecule has 21 heavy (non-hydrogen) atoms. The Morgan fingerprint density at radius 2 is 2.14 bits per heavy atom. The number of halogens is 3. The third kappa shape index (κ3) is 3.65. The van der Waals surface area contributed by atoms with Crippen molar-refractivity contribution in [1.29, 1.82) is 0 Å². The summed E-state index contributed by atoms with van der Waals surface area (Å²) >= 11 is 1.08. The molecule has 4 nitrogen and oxygen atoms in total. The highest BCUT2D eigenvalue weighted by molar-refractivity contribution is 7.91. The quantitative estimate of drug-likeness (QED) is 0.856. The summed E-state index contributed by atoms with van der Waals surface area (Å²) in [4.78, 5) is 0. The minimum absolute atomic E-state index is 0.146. The van der Waals surface area contributed by atoms with Crippen molar-refractivity contribution in [2.24, 2.45) is 0 Å². The van der Waals surface area contributed by atoms with Crippen LogP contribution in [-0.4, -0.2) is 39.0 Å². The zero-order chi connectivity index (χ0) is 15.7. The van der Waals surface area contributed by atoms with Crippen molar-refractivity contribution >= 4 is 21.4 Å². The summed E-state index contributed by atoms with van der Waals surface area (Å²) < 4.78 is 63.6. The van der Waals surface area contributed by atoms with Crippen LogP contribution in [0.15, 0.2) is 27.3 Å². The summed E-state index contributed by atoms with van der Waals surface area (Å²) in [6.07, 6.45) is -3.74. The van der Waals surface area contributed by atoms with Crippen molar-refractivity contribution in [3.63, 3.8) is 0 Å². The first-order valence-electron chi connectivity index (χ1n) is 6.23. The van der Waals surface area contributed by atoms with E-state index >= 15 is 0 Å². The highest BCUT2D eigenvalue weighted by atomic mass is 32.2. The van der Waals surface area contributed by atoms with Gasteiger partial charge in [0.15, 0.2) is 0 Å². The molecule has 0 bridgehead atoms. The molecule has 1 aromatic rings. The van der Waals surface area contributed by atoms with E-state index in [1.165, 1.54) is 0 Å². The van der Waals surface area contributed by atoms with Crippen LogP contribution in [0.25, 0.3) is 0 Å². The van der Waals surface area contributed by atoms with E-state index in [0.29, 0.717) is 6.54 Å². The highest BCUT2D eigenvalue weighted by Gasteiger charge is 2.37. The lowest BCUT2D eigenvalue weighted by atomic mass is 10.1. The smallest absolute Gasteiger partial charge is 0.316 e. The second-order valence-electron chi connectivity index (χ2n) is 4.64. The van der Waals surface area contributed by atoms with Crippen LogP contribution >= 0.6 is 11.3 Å². The summed E-state index contributed by atoms with van der Waals surface area (Å²) in [7, 11) is -1.97. The topological polar surface area (TPSA) is 49.4 Å². The van der Waals surface area contributed by atoms with Crippen LogP contribution in [0.3, 0.4) is 0 Å². The summed E-state index contributed by atoms with van der Waals surface area (Å²) in [6.45, 7) is 0.160. The predicted octanol–water partition coefficient (Wildman–Crippen LogP) is 2.35. The van der Waals surface area contributed by atoms with Gasteiger partial charge in [0.05, 0.1) is 0 Å². The molecule has 2 rings (SSSR count). The van der Waals surface area contributed by atoms with Gasteiger partial charge in [0.1, 0.15) is 4.21 Å². The molecular weight excluding hydrogens is 325 g/mol. The number of thiophene rings is 1. The molecule has 0 amide bonds. The summed E-state index contributed by atoms with van der Waals surface area (Å²) in [5, 5.41) is 4.64. The molecule has 9 heteroatoms. The summed E-state index contributed by atoms with van der Waals surface area (Å²) in [5.41, 5.74) is 0.181. The number of nitrogens with zero attached hydrogens (tertiary/aromatic N) is 1. The Balaban J connectivity index is 2.16. The molecule has 0 atom stereocenters. The fourth-order valence-electron chi connectivity index (χ4n) is 2.04. The predicted molar refractivity (Wildman–Crippen MR) is 74.6 cm³/mol. The molecule has 0 aliphatic carbocycles. The average Bonchev–Trinajstić information content (AvgIpc) is 2.88. The van der Waals surface area contributed by atoms with Crippen LogP contribution in [0.5, 0.6) is 0 Å². The van der Waals surface area contributed by atoms with Gasteiger partial charge in [-0.05, 0) is 30.5 Å². The van der Waals surface area contributed by atoms with Gasteiger partial charge in [-0.15, -0.1) is 11.3 Å². The maximum absolute atomic E-state index is 12.5. The molecule has 0 saturated heterocycles. The van der Waals surface area contributed by atoms with Gasteiger partial charge < -0.3 is 5.32 Å². The van der Waals surface area contributed by atoms with Crippen LogP contribution in [-0.2, 0) is 16.6 Å². The van der Waals surface area contributed by atoms with Crippen molar-refractivity contribution in [2.75, 3.05) is 20.1 Å². The largest absolute Gasteiger partial charge is 0.412 e. The molecule has 0 saturated carbocycles. The first kappa shape index (κ1) is 16.5. The SMILES string of the molecule is CNCc1csc(S(=O)(=O)N2CC=C(C(F)(F)F)CC2)c1. The first-order valence-corrected chi connectivity index (χ1v) is 8.55. The number of sulfonamides is 1. The van der Waals surface area contributed by atoms with Gasteiger partial charge in [-0.2, -0.15) is 17.5 Å². The second-order valence-corrected chi connectivity index (χ2v) is 7.72. The van der Waals surface area contributed by atoms with Gasteiger partial charge in [-0.25, -0.2) is 8.42 Å². The van der Waals surface area contributed by atoms with Crippen LogP contribution in [0.2, 0.25) is 0 Å². The van der Waals surface area contributed by atoms with E-state index in [4.69, 9.17) is 0 Å². The Bertz CT molecular complexity index is 635. The number of rotatable bonds is 4. The van der Waals surface area contributed by atoms with Crippen molar-refractivity contribution in [3.8, 4) is 0 Å². The molecule has 0 radical (unpaired) electrons. The lowest BCUT2D eigenvalue weighted by Gasteiger charge is -2.26. The van der Waals surface area contributed by atoms with Crippen molar-refractivity contribution in [2.45, 2.75) is 23.4 Å².